The molecule has 0 unspecified atom stereocenters. The Morgan fingerprint density at radius 3 is 2.52 bits per heavy atom. The molecule has 136 valence electrons. The van der Waals surface area contributed by atoms with Gasteiger partial charge in [0.1, 0.15) is 5.54 Å². The van der Waals surface area contributed by atoms with Gasteiger partial charge >= 0.3 is 0 Å². The van der Waals surface area contributed by atoms with Crippen LogP contribution < -0.4 is 10.6 Å². The molecule has 2 N–H and O–H groups in total. The lowest BCUT2D eigenvalue weighted by atomic mass is 9.87. The van der Waals surface area contributed by atoms with Crippen LogP contribution in [0.15, 0.2) is 36.7 Å². The molecule has 2 aromatic rings. The summed E-state index contributed by atoms with van der Waals surface area (Å²) in [6, 6.07) is 7.29. The zero-order chi connectivity index (χ0) is 17.0. The van der Waals surface area contributed by atoms with Crippen molar-refractivity contribution in [3.05, 3.63) is 52.3 Å². The number of nitrogens with one attached hydrogen (secondary N) is 2. The molecule has 25 heavy (non-hydrogen) atoms. The first-order valence-electron chi connectivity index (χ1n) is 8.04. The van der Waals surface area contributed by atoms with Gasteiger partial charge in [0.2, 0.25) is 5.91 Å². The second kappa shape index (κ2) is 8.90. The number of carbonyl (C=O) groups is 1. The molecule has 1 amide bonds. The van der Waals surface area contributed by atoms with E-state index in [9.17, 15) is 4.79 Å². The number of rotatable bonds is 5. The molecule has 2 heterocycles. The number of piperidine rings is 1. The van der Waals surface area contributed by atoms with Gasteiger partial charge in [-0.1, -0.05) is 23.2 Å². The van der Waals surface area contributed by atoms with Gasteiger partial charge in [-0.3, -0.25) is 9.48 Å². The van der Waals surface area contributed by atoms with Crippen molar-refractivity contribution in [1.29, 1.82) is 0 Å². The van der Waals surface area contributed by atoms with E-state index in [1.807, 2.05) is 24.4 Å². The highest BCUT2D eigenvalue weighted by Crippen LogP contribution is 2.27. The van der Waals surface area contributed by atoms with E-state index >= 15 is 0 Å². The fourth-order valence-electron chi connectivity index (χ4n) is 3.16. The largest absolute Gasteiger partial charge is 0.354 e. The third-order valence-corrected chi connectivity index (χ3v) is 4.85. The summed E-state index contributed by atoms with van der Waals surface area (Å²) in [6.07, 6.45) is 5.71. The first kappa shape index (κ1) is 20.0. The summed E-state index contributed by atoms with van der Waals surface area (Å²) in [6.45, 7) is 2.14. The summed E-state index contributed by atoms with van der Waals surface area (Å²) in [5, 5.41) is 11.9. The Labute approximate surface area is 163 Å². The minimum Gasteiger partial charge on any atom is -0.354 e. The third kappa shape index (κ3) is 4.67. The highest BCUT2D eigenvalue weighted by atomic mass is 35.5. The monoisotopic (exact) mass is 402 g/mol. The predicted molar refractivity (Wildman–Crippen MR) is 103 cm³/mol. The van der Waals surface area contributed by atoms with Gasteiger partial charge in [-0.25, -0.2) is 0 Å². The van der Waals surface area contributed by atoms with Crippen LogP contribution in [0.1, 0.15) is 18.4 Å². The number of aromatic nitrogens is 2. The topological polar surface area (TPSA) is 59.0 Å². The van der Waals surface area contributed by atoms with Gasteiger partial charge < -0.3 is 10.6 Å². The molecule has 0 spiro atoms. The van der Waals surface area contributed by atoms with E-state index in [1.54, 1.807) is 16.9 Å². The van der Waals surface area contributed by atoms with Crippen molar-refractivity contribution < 1.29 is 4.79 Å². The van der Waals surface area contributed by atoms with Crippen molar-refractivity contribution in [2.45, 2.75) is 24.8 Å². The molecule has 0 atom stereocenters. The SMILES string of the molecule is Cl.O=C(NCCc1cc(Cl)cc(Cl)c1)C1(n2cccn2)CCNCC1. The lowest BCUT2D eigenvalue weighted by Gasteiger charge is -2.36. The van der Waals surface area contributed by atoms with Crippen LogP contribution in [0.3, 0.4) is 0 Å². The van der Waals surface area contributed by atoms with E-state index in [1.165, 1.54) is 0 Å². The molecule has 1 fully saturated rings. The number of nitrogens with zero attached hydrogens (tertiary/aromatic N) is 2. The molecule has 0 radical (unpaired) electrons. The van der Waals surface area contributed by atoms with E-state index in [4.69, 9.17) is 23.2 Å². The highest BCUT2D eigenvalue weighted by molar-refractivity contribution is 6.34. The molecule has 1 aromatic carbocycles. The molecule has 8 heteroatoms. The Bertz CT molecular complexity index is 680. The normalized spacial score (nSPS) is 16.1. The minimum absolute atomic E-state index is 0. The van der Waals surface area contributed by atoms with E-state index in [2.05, 4.69) is 15.7 Å². The smallest absolute Gasteiger partial charge is 0.248 e. The zero-order valence-corrected chi connectivity index (χ0v) is 16.0. The van der Waals surface area contributed by atoms with Crippen LogP contribution in [0.2, 0.25) is 10.0 Å². The number of hydrogen-bond donors (Lipinski definition) is 2. The molecule has 3 rings (SSSR count). The van der Waals surface area contributed by atoms with E-state index in [0.29, 0.717) is 23.0 Å². The van der Waals surface area contributed by atoms with Gasteiger partial charge in [-0.05, 0) is 62.2 Å². The summed E-state index contributed by atoms with van der Waals surface area (Å²) in [5.41, 5.74) is 0.395. The predicted octanol–water partition coefficient (Wildman–Crippen LogP) is 3.05. The maximum atomic E-state index is 12.9. The van der Waals surface area contributed by atoms with E-state index in [-0.39, 0.29) is 18.3 Å². The first-order chi connectivity index (χ1) is 11.6. The van der Waals surface area contributed by atoms with Crippen molar-refractivity contribution in [3.8, 4) is 0 Å². The van der Waals surface area contributed by atoms with Crippen LogP contribution >= 0.6 is 35.6 Å². The van der Waals surface area contributed by atoms with Crippen LogP contribution in [0.25, 0.3) is 0 Å². The van der Waals surface area contributed by atoms with Crippen LogP contribution in [0, 0.1) is 0 Å². The molecule has 0 bridgehead atoms. The maximum absolute atomic E-state index is 12.9. The third-order valence-electron chi connectivity index (χ3n) is 4.42. The molecule has 0 saturated carbocycles. The second-order valence-electron chi connectivity index (χ2n) is 6.02. The van der Waals surface area contributed by atoms with Crippen LogP contribution in [-0.2, 0) is 16.8 Å². The van der Waals surface area contributed by atoms with Crippen molar-refractivity contribution in [3.63, 3.8) is 0 Å². The minimum atomic E-state index is -0.610. The summed E-state index contributed by atoms with van der Waals surface area (Å²) < 4.78 is 1.79. The Morgan fingerprint density at radius 2 is 1.92 bits per heavy atom. The van der Waals surface area contributed by atoms with Gasteiger partial charge in [-0.2, -0.15) is 5.10 Å². The van der Waals surface area contributed by atoms with Gasteiger partial charge in [0, 0.05) is 29.0 Å². The quantitative estimate of drug-likeness (QED) is 0.807. The van der Waals surface area contributed by atoms with Gasteiger partial charge in [0.05, 0.1) is 0 Å². The van der Waals surface area contributed by atoms with Crippen LogP contribution in [0.4, 0.5) is 0 Å². The number of carbonyl (C=O) groups excluding carboxylic acids is 1. The van der Waals surface area contributed by atoms with Crippen molar-refractivity contribution in [2.24, 2.45) is 0 Å². The lowest BCUT2D eigenvalue weighted by Crippen LogP contribution is -2.54. The summed E-state index contributed by atoms with van der Waals surface area (Å²) in [5.74, 6) is 0.0147. The first-order valence-corrected chi connectivity index (χ1v) is 8.80. The van der Waals surface area contributed by atoms with Gasteiger partial charge in [0.25, 0.3) is 0 Å². The van der Waals surface area contributed by atoms with Gasteiger partial charge in [0.15, 0.2) is 0 Å². The maximum Gasteiger partial charge on any atom is 0.248 e. The lowest BCUT2D eigenvalue weighted by molar-refractivity contribution is -0.131. The number of hydrogen-bond acceptors (Lipinski definition) is 3. The zero-order valence-electron chi connectivity index (χ0n) is 13.7. The highest BCUT2D eigenvalue weighted by Gasteiger charge is 2.41. The number of amides is 1. The Balaban J connectivity index is 0.00000225. The fourth-order valence-corrected chi connectivity index (χ4v) is 3.73. The molecular formula is C17H21Cl3N4O. The molecule has 1 aromatic heterocycles. The van der Waals surface area contributed by atoms with Crippen molar-refractivity contribution in [1.82, 2.24) is 20.4 Å². The standard InChI is InChI=1S/C17H20Cl2N4O.ClH/c18-14-10-13(11-15(19)12-14)2-6-21-16(24)17(3-7-20-8-4-17)23-9-1-5-22-23;/h1,5,9-12,20H,2-4,6-8H2,(H,21,24);1H. The average molecular weight is 404 g/mol. The van der Waals surface area contributed by atoms with E-state index < -0.39 is 5.54 Å². The molecular weight excluding hydrogens is 383 g/mol. The van der Waals surface area contributed by atoms with Crippen LogP contribution in [0.5, 0.6) is 0 Å². The summed E-state index contributed by atoms with van der Waals surface area (Å²) in [4.78, 5) is 12.9. The fraction of sp³-hybridized carbons (Fsp3) is 0.412. The van der Waals surface area contributed by atoms with Crippen molar-refractivity contribution >= 4 is 41.5 Å². The van der Waals surface area contributed by atoms with Gasteiger partial charge in [-0.15, -0.1) is 12.4 Å². The molecule has 5 nitrogen and oxygen atoms in total. The van der Waals surface area contributed by atoms with E-state index in [0.717, 1.165) is 31.5 Å². The average Bonchev–Trinajstić information content (AvgIpc) is 3.09. The molecule has 1 aliphatic rings. The second-order valence-corrected chi connectivity index (χ2v) is 6.89. The number of halogens is 3. The Morgan fingerprint density at radius 1 is 1.24 bits per heavy atom. The molecule has 1 saturated heterocycles. The molecule has 0 aliphatic carbocycles. The molecule has 1 aliphatic heterocycles. The van der Waals surface area contributed by atoms with Crippen LogP contribution in [-0.4, -0.2) is 35.3 Å². The Kier molecular flexibility index (Phi) is 7.14. The summed E-state index contributed by atoms with van der Waals surface area (Å²) >= 11 is 12.0. The summed E-state index contributed by atoms with van der Waals surface area (Å²) in [7, 11) is 0. The Hall–Kier alpha value is -1.27. The van der Waals surface area contributed by atoms with Crippen molar-refractivity contribution in [2.75, 3.05) is 19.6 Å². The number of benzene rings is 1.